The number of thiophene rings is 1. The van der Waals surface area contributed by atoms with Crippen LogP contribution >= 0.6 is 23.1 Å². The largest absolute Gasteiger partial charge is 0.446 e. The predicted molar refractivity (Wildman–Crippen MR) is 111 cm³/mol. The summed E-state index contributed by atoms with van der Waals surface area (Å²) in [4.78, 5) is 42.1. The summed E-state index contributed by atoms with van der Waals surface area (Å²) in [5.41, 5.74) is 1.03. The van der Waals surface area contributed by atoms with E-state index in [0.717, 1.165) is 42.7 Å². The normalized spacial score (nSPS) is 18.4. The highest BCUT2D eigenvalue weighted by atomic mass is 32.2. The minimum absolute atomic E-state index is 0.139. The Morgan fingerprint density at radius 2 is 2.00 bits per heavy atom. The van der Waals surface area contributed by atoms with E-state index in [4.69, 9.17) is 4.74 Å². The van der Waals surface area contributed by atoms with Crippen LogP contribution < -0.4 is 16.0 Å². The number of anilines is 2. The molecule has 1 aliphatic heterocycles. The lowest BCUT2D eigenvalue weighted by atomic mass is 9.98. The molecule has 10 heteroatoms. The molecule has 2 aliphatic rings. The molecular weight excluding hydrogens is 412 g/mol. The summed E-state index contributed by atoms with van der Waals surface area (Å²) in [6.45, 7) is 0. The van der Waals surface area contributed by atoms with E-state index in [9.17, 15) is 14.4 Å². The van der Waals surface area contributed by atoms with Crippen LogP contribution in [0.2, 0.25) is 0 Å². The first kappa shape index (κ1) is 19.7. The quantitative estimate of drug-likeness (QED) is 0.674. The SMILES string of the molecule is O=C(NC(=O)c1ccsc1NC(=O)C1Nc2cnccc2S1)OC1CCCCC1. The predicted octanol–water partition coefficient (Wildman–Crippen LogP) is 3.82. The first-order valence-electron chi connectivity index (χ1n) is 9.37. The van der Waals surface area contributed by atoms with Crippen LogP contribution in [0.25, 0.3) is 0 Å². The van der Waals surface area contributed by atoms with E-state index in [-0.39, 0.29) is 17.6 Å². The van der Waals surface area contributed by atoms with E-state index in [1.807, 2.05) is 6.07 Å². The van der Waals surface area contributed by atoms with Crippen molar-refractivity contribution in [2.75, 3.05) is 10.6 Å². The van der Waals surface area contributed by atoms with Crippen LogP contribution in [-0.4, -0.2) is 34.4 Å². The van der Waals surface area contributed by atoms with Gasteiger partial charge in [0.05, 0.1) is 17.4 Å². The van der Waals surface area contributed by atoms with Crippen molar-refractivity contribution in [3.8, 4) is 0 Å². The fourth-order valence-corrected chi connectivity index (χ4v) is 5.07. The van der Waals surface area contributed by atoms with Crippen molar-refractivity contribution in [2.24, 2.45) is 0 Å². The number of thioether (sulfide) groups is 1. The number of aromatic nitrogens is 1. The highest BCUT2D eigenvalue weighted by molar-refractivity contribution is 8.01. The Hall–Kier alpha value is -2.59. The van der Waals surface area contributed by atoms with Crippen molar-refractivity contribution in [1.29, 1.82) is 0 Å². The number of fused-ring (bicyclic) bond motifs is 1. The fraction of sp³-hybridized carbons (Fsp3) is 0.368. The van der Waals surface area contributed by atoms with Crippen molar-refractivity contribution in [3.05, 3.63) is 35.5 Å². The maximum absolute atomic E-state index is 12.6. The van der Waals surface area contributed by atoms with Gasteiger partial charge in [-0.3, -0.25) is 19.9 Å². The van der Waals surface area contributed by atoms with E-state index >= 15 is 0 Å². The first-order valence-corrected chi connectivity index (χ1v) is 11.1. The molecule has 3 amide bonds. The lowest BCUT2D eigenvalue weighted by molar-refractivity contribution is -0.115. The van der Waals surface area contributed by atoms with Crippen LogP contribution in [0.15, 0.2) is 34.8 Å². The molecule has 29 heavy (non-hydrogen) atoms. The fourth-order valence-electron chi connectivity index (χ4n) is 3.30. The topological polar surface area (TPSA) is 109 Å². The molecule has 152 valence electrons. The van der Waals surface area contributed by atoms with Crippen molar-refractivity contribution in [1.82, 2.24) is 10.3 Å². The number of amides is 3. The summed E-state index contributed by atoms with van der Waals surface area (Å²) in [6.07, 6.45) is 7.30. The van der Waals surface area contributed by atoms with Gasteiger partial charge in [0, 0.05) is 11.1 Å². The van der Waals surface area contributed by atoms with Crippen LogP contribution in [-0.2, 0) is 9.53 Å². The van der Waals surface area contributed by atoms with Gasteiger partial charge in [-0.25, -0.2) is 4.79 Å². The third-order valence-corrected chi connectivity index (χ3v) is 6.75. The Balaban J connectivity index is 1.34. The molecule has 1 saturated carbocycles. The summed E-state index contributed by atoms with van der Waals surface area (Å²) >= 11 is 2.59. The summed E-state index contributed by atoms with van der Waals surface area (Å²) in [6, 6.07) is 3.40. The second kappa shape index (κ2) is 8.83. The molecule has 3 heterocycles. The van der Waals surface area contributed by atoms with E-state index in [2.05, 4.69) is 20.9 Å². The first-order chi connectivity index (χ1) is 14.1. The number of nitrogens with one attached hydrogen (secondary N) is 3. The lowest BCUT2D eigenvalue weighted by Gasteiger charge is -2.21. The molecule has 2 aromatic rings. The van der Waals surface area contributed by atoms with Crippen molar-refractivity contribution < 1.29 is 19.1 Å². The van der Waals surface area contributed by atoms with E-state index in [0.29, 0.717) is 5.00 Å². The van der Waals surface area contributed by atoms with Gasteiger partial charge in [0.25, 0.3) is 11.8 Å². The molecule has 1 aliphatic carbocycles. The highest BCUT2D eigenvalue weighted by Gasteiger charge is 2.29. The zero-order chi connectivity index (χ0) is 20.2. The Bertz CT molecular complexity index is 901. The highest BCUT2D eigenvalue weighted by Crippen LogP contribution is 2.38. The number of nitrogens with zero attached hydrogens (tertiary/aromatic N) is 1. The second-order valence-electron chi connectivity index (χ2n) is 6.79. The summed E-state index contributed by atoms with van der Waals surface area (Å²) in [7, 11) is 0. The Kier molecular flexibility index (Phi) is 6.00. The third-order valence-electron chi connectivity index (χ3n) is 4.74. The molecule has 1 atom stereocenters. The number of pyridine rings is 1. The van der Waals surface area contributed by atoms with Gasteiger partial charge in [0.1, 0.15) is 11.1 Å². The number of carbonyl (C=O) groups excluding carboxylic acids is 3. The monoisotopic (exact) mass is 432 g/mol. The standard InChI is InChI=1S/C19H20N4O4S2/c24-15(23-19(26)27-11-4-2-1-3-5-11)12-7-9-28-17(12)22-16(25)18-21-13-10-20-8-6-14(13)29-18/h6-11,18,21H,1-5H2,(H,22,25)(H,23,24,26). The molecular formula is C19H20N4O4S2. The molecule has 3 N–H and O–H groups in total. The van der Waals surface area contributed by atoms with Crippen molar-refractivity contribution in [3.63, 3.8) is 0 Å². The van der Waals surface area contributed by atoms with Crippen LogP contribution in [0.1, 0.15) is 42.5 Å². The molecule has 2 aromatic heterocycles. The van der Waals surface area contributed by atoms with Crippen molar-refractivity contribution in [2.45, 2.75) is 48.5 Å². The van der Waals surface area contributed by atoms with Gasteiger partial charge in [0.2, 0.25) is 0 Å². The molecule has 0 aromatic carbocycles. The summed E-state index contributed by atoms with van der Waals surface area (Å²) in [5, 5.41) is 9.65. The average molecular weight is 433 g/mol. The molecule has 8 nitrogen and oxygen atoms in total. The van der Waals surface area contributed by atoms with Gasteiger partial charge < -0.3 is 15.4 Å². The molecule has 1 fully saturated rings. The number of carbonyl (C=O) groups is 3. The van der Waals surface area contributed by atoms with Gasteiger partial charge >= 0.3 is 6.09 Å². The van der Waals surface area contributed by atoms with Crippen molar-refractivity contribution >= 4 is 51.7 Å². The van der Waals surface area contributed by atoms with Crippen LogP contribution in [0, 0.1) is 0 Å². The van der Waals surface area contributed by atoms with Gasteiger partial charge in [-0.2, -0.15) is 0 Å². The van der Waals surface area contributed by atoms with E-state index < -0.39 is 17.4 Å². The number of ether oxygens (including phenoxy) is 1. The summed E-state index contributed by atoms with van der Waals surface area (Å²) < 4.78 is 5.32. The average Bonchev–Trinajstić information content (AvgIpc) is 3.35. The van der Waals surface area contributed by atoms with Crippen LogP contribution in [0.4, 0.5) is 15.5 Å². The Labute approximate surface area is 175 Å². The number of hydrogen-bond acceptors (Lipinski definition) is 8. The maximum atomic E-state index is 12.6. The number of hydrogen-bond donors (Lipinski definition) is 3. The lowest BCUT2D eigenvalue weighted by Crippen LogP contribution is -2.35. The van der Waals surface area contributed by atoms with Crippen LogP contribution in [0.5, 0.6) is 0 Å². The zero-order valence-corrected chi connectivity index (χ0v) is 17.1. The Morgan fingerprint density at radius 1 is 1.17 bits per heavy atom. The zero-order valence-electron chi connectivity index (χ0n) is 15.5. The molecule has 0 radical (unpaired) electrons. The molecule has 1 unspecified atom stereocenters. The summed E-state index contributed by atoms with van der Waals surface area (Å²) in [5.74, 6) is -0.880. The van der Waals surface area contributed by atoms with Gasteiger partial charge in [-0.1, -0.05) is 18.2 Å². The number of rotatable bonds is 4. The van der Waals surface area contributed by atoms with Gasteiger partial charge in [-0.15, -0.1) is 11.3 Å². The minimum atomic E-state index is -0.749. The maximum Gasteiger partial charge on any atom is 0.414 e. The third kappa shape index (κ3) is 4.70. The van der Waals surface area contributed by atoms with Gasteiger partial charge in [0.15, 0.2) is 5.37 Å². The van der Waals surface area contributed by atoms with Crippen LogP contribution in [0.3, 0.4) is 0 Å². The van der Waals surface area contributed by atoms with E-state index in [1.54, 1.807) is 23.8 Å². The molecule has 0 bridgehead atoms. The number of alkyl carbamates (subject to hydrolysis) is 1. The smallest absolute Gasteiger partial charge is 0.414 e. The second-order valence-corrected chi connectivity index (χ2v) is 8.85. The molecule has 4 rings (SSSR count). The minimum Gasteiger partial charge on any atom is -0.446 e. The molecule has 0 spiro atoms. The molecule has 0 saturated heterocycles. The van der Waals surface area contributed by atoms with E-state index in [1.165, 1.54) is 23.1 Å². The van der Waals surface area contributed by atoms with Gasteiger partial charge in [-0.05, 0) is 43.2 Å². The number of imide groups is 1. The Morgan fingerprint density at radius 3 is 2.79 bits per heavy atom.